The van der Waals surface area contributed by atoms with Crippen LogP contribution in [-0.4, -0.2) is 12.5 Å². The first kappa shape index (κ1) is 15.3. The molecular weight excluding hydrogens is 298 g/mol. The number of amides is 1. The highest BCUT2D eigenvalue weighted by Gasteiger charge is 2.09. The van der Waals surface area contributed by atoms with Gasteiger partial charge in [0.15, 0.2) is 0 Å². The molecular formula is C15H13ClF2N2O. The van der Waals surface area contributed by atoms with Crippen molar-refractivity contribution in [3.8, 4) is 0 Å². The number of benzene rings is 2. The summed E-state index contributed by atoms with van der Waals surface area (Å²) in [5.41, 5.74) is 0.731. The molecule has 110 valence electrons. The molecule has 0 unspecified atom stereocenters. The first-order chi connectivity index (χ1) is 9.95. The lowest BCUT2D eigenvalue weighted by Crippen LogP contribution is -2.22. The van der Waals surface area contributed by atoms with Crippen LogP contribution in [0.5, 0.6) is 0 Å². The van der Waals surface area contributed by atoms with Gasteiger partial charge in [0.05, 0.1) is 12.2 Å². The molecule has 0 saturated heterocycles. The van der Waals surface area contributed by atoms with E-state index in [0.29, 0.717) is 10.7 Å². The Hall–Kier alpha value is -2.14. The molecule has 21 heavy (non-hydrogen) atoms. The SMILES string of the molecule is Cc1cc(F)c(NCC(=O)Nc2ccc(Cl)cc2)cc1F. The van der Waals surface area contributed by atoms with Gasteiger partial charge in [-0.25, -0.2) is 8.78 Å². The molecule has 0 atom stereocenters. The molecule has 2 aromatic carbocycles. The molecule has 3 nitrogen and oxygen atoms in total. The van der Waals surface area contributed by atoms with Crippen molar-refractivity contribution in [3.63, 3.8) is 0 Å². The number of halogens is 3. The maximum atomic E-state index is 13.6. The smallest absolute Gasteiger partial charge is 0.243 e. The highest BCUT2D eigenvalue weighted by atomic mass is 35.5. The molecule has 0 fully saturated rings. The van der Waals surface area contributed by atoms with Crippen molar-refractivity contribution < 1.29 is 13.6 Å². The van der Waals surface area contributed by atoms with E-state index in [1.807, 2.05) is 0 Å². The van der Waals surface area contributed by atoms with E-state index in [-0.39, 0.29) is 23.7 Å². The highest BCUT2D eigenvalue weighted by molar-refractivity contribution is 6.30. The predicted octanol–water partition coefficient (Wildman–Crippen LogP) is 3.98. The molecule has 2 aromatic rings. The Morgan fingerprint density at radius 2 is 1.81 bits per heavy atom. The summed E-state index contributed by atoms with van der Waals surface area (Å²) >= 11 is 5.73. The van der Waals surface area contributed by atoms with E-state index >= 15 is 0 Å². The van der Waals surface area contributed by atoms with E-state index in [0.717, 1.165) is 12.1 Å². The summed E-state index contributed by atoms with van der Waals surface area (Å²) in [4.78, 5) is 11.7. The maximum Gasteiger partial charge on any atom is 0.243 e. The minimum absolute atomic E-state index is 0.0515. The van der Waals surface area contributed by atoms with E-state index in [2.05, 4.69) is 10.6 Å². The van der Waals surface area contributed by atoms with Gasteiger partial charge in [0.2, 0.25) is 5.91 Å². The van der Waals surface area contributed by atoms with Crippen molar-refractivity contribution in [1.82, 2.24) is 0 Å². The Morgan fingerprint density at radius 1 is 1.14 bits per heavy atom. The molecule has 2 rings (SSSR count). The molecule has 0 aromatic heterocycles. The standard InChI is InChI=1S/C15H13ClF2N2O/c1-9-6-13(18)14(7-12(9)17)19-8-15(21)20-11-4-2-10(16)3-5-11/h2-7,19H,8H2,1H3,(H,20,21). The third-order valence-corrected chi connectivity index (χ3v) is 3.07. The molecule has 1 amide bonds. The van der Waals surface area contributed by atoms with Crippen LogP contribution in [0.2, 0.25) is 5.02 Å². The number of nitrogens with one attached hydrogen (secondary N) is 2. The number of carbonyl (C=O) groups excluding carboxylic acids is 1. The van der Waals surface area contributed by atoms with Gasteiger partial charge in [-0.05, 0) is 42.8 Å². The molecule has 0 saturated carbocycles. The molecule has 0 radical (unpaired) electrons. The van der Waals surface area contributed by atoms with Crippen LogP contribution >= 0.6 is 11.6 Å². The fraction of sp³-hybridized carbons (Fsp3) is 0.133. The Labute approximate surface area is 125 Å². The third kappa shape index (κ3) is 4.16. The molecule has 0 heterocycles. The fourth-order valence-corrected chi connectivity index (χ4v) is 1.82. The summed E-state index contributed by atoms with van der Waals surface area (Å²) in [6, 6.07) is 8.67. The molecule has 0 aliphatic rings. The quantitative estimate of drug-likeness (QED) is 0.897. The lowest BCUT2D eigenvalue weighted by atomic mass is 10.2. The largest absolute Gasteiger partial charge is 0.374 e. The number of rotatable bonds is 4. The van der Waals surface area contributed by atoms with Gasteiger partial charge in [-0.15, -0.1) is 0 Å². The third-order valence-electron chi connectivity index (χ3n) is 2.82. The lowest BCUT2D eigenvalue weighted by molar-refractivity contribution is -0.114. The second kappa shape index (κ2) is 6.54. The van der Waals surface area contributed by atoms with Crippen LogP contribution in [0, 0.1) is 18.6 Å². The zero-order valence-corrected chi connectivity index (χ0v) is 12.0. The molecule has 2 N–H and O–H groups in total. The monoisotopic (exact) mass is 310 g/mol. The second-order valence-electron chi connectivity index (χ2n) is 4.49. The number of hydrogen-bond donors (Lipinski definition) is 2. The second-order valence-corrected chi connectivity index (χ2v) is 4.93. The van der Waals surface area contributed by atoms with Gasteiger partial charge < -0.3 is 10.6 Å². The van der Waals surface area contributed by atoms with Gasteiger partial charge in [0, 0.05) is 16.8 Å². The number of hydrogen-bond acceptors (Lipinski definition) is 2. The topological polar surface area (TPSA) is 41.1 Å². The molecule has 0 aliphatic carbocycles. The number of anilines is 2. The minimum atomic E-state index is -0.604. The van der Waals surface area contributed by atoms with Crippen LogP contribution in [0.3, 0.4) is 0 Å². The van der Waals surface area contributed by atoms with E-state index < -0.39 is 11.6 Å². The first-order valence-corrected chi connectivity index (χ1v) is 6.58. The molecule has 0 bridgehead atoms. The van der Waals surface area contributed by atoms with Crippen LogP contribution in [0.15, 0.2) is 36.4 Å². The normalized spacial score (nSPS) is 10.3. The Bertz CT molecular complexity index is 659. The summed E-state index contributed by atoms with van der Waals surface area (Å²) in [5.74, 6) is -1.51. The van der Waals surface area contributed by atoms with Crippen LogP contribution in [0.1, 0.15) is 5.56 Å². The zero-order chi connectivity index (χ0) is 15.4. The van der Waals surface area contributed by atoms with Crippen LogP contribution < -0.4 is 10.6 Å². The minimum Gasteiger partial charge on any atom is -0.374 e. The average molecular weight is 311 g/mol. The van der Waals surface area contributed by atoms with Crippen molar-refractivity contribution in [2.24, 2.45) is 0 Å². The van der Waals surface area contributed by atoms with Gasteiger partial charge in [-0.1, -0.05) is 11.6 Å². The van der Waals surface area contributed by atoms with Gasteiger partial charge in [0.1, 0.15) is 11.6 Å². The van der Waals surface area contributed by atoms with Crippen molar-refractivity contribution in [1.29, 1.82) is 0 Å². The summed E-state index contributed by atoms with van der Waals surface area (Å²) in [5, 5.41) is 5.73. The summed E-state index contributed by atoms with van der Waals surface area (Å²) in [6.07, 6.45) is 0. The van der Waals surface area contributed by atoms with E-state index in [1.165, 1.54) is 6.92 Å². The van der Waals surface area contributed by atoms with Crippen molar-refractivity contribution in [2.45, 2.75) is 6.92 Å². The average Bonchev–Trinajstić information content (AvgIpc) is 2.44. The van der Waals surface area contributed by atoms with E-state index in [1.54, 1.807) is 24.3 Å². The van der Waals surface area contributed by atoms with Gasteiger partial charge in [-0.3, -0.25) is 4.79 Å². The fourth-order valence-electron chi connectivity index (χ4n) is 1.70. The van der Waals surface area contributed by atoms with E-state index in [4.69, 9.17) is 11.6 Å². The van der Waals surface area contributed by atoms with Crippen molar-refractivity contribution >= 4 is 28.9 Å². The van der Waals surface area contributed by atoms with Crippen LogP contribution in [0.25, 0.3) is 0 Å². The maximum absolute atomic E-state index is 13.6. The van der Waals surface area contributed by atoms with Crippen molar-refractivity contribution in [3.05, 3.63) is 58.6 Å². The zero-order valence-electron chi connectivity index (χ0n) is 11.2. The first-order valence-electron chi connectivity index (χ1n) is 6.20. The molecule has 0 aliphatic heterocycles. The van der Waals surface area contributed by atoms with Gasteiger partial charge >= 0.3 is 0 Å². The van der Waals surface area contributed by atoms with Gasteiger partial charge in [0.25, 0.3) is 0 Å². The summed E-state index contributed by atoms with van der Waals surface area (Å²) in [7, 11) is 0. The number of carbonyl (C=O) groups is 1. The summed E-state index contributed by atoms with van der Waals surface area (Å²) in [6.45, 7) is 1.29. The molecule has 0 spiro atoms. The van der Waals surface area contributed by atoms with Crippen LogP contribution in [-0.2, 0) is 4.79 Å². The van der Waals surface area contributed by atoms with Gasteiger partial charge in [-0.2, -0.15) is 0 Å². The van der Waals surface area contributed by atoms with E-state index in [9.17, 15) is 13.6 Å². The Morgan fingerprint density at radius 3 is 2.48 bits per heavy atom. The Balaban J connectivity index is 1.95. The van der Waals surface area contributed by atoms with Crippen LogP contribution in [0.4, 0.5) is 20.2 Å². The number of aryl methyl sites for hydroxylation is 1. The molecule has 6 heteroatoms. The van der Waals surface area contributed by atoms with Crippen molar-refractivity contribution in [2.75, 3.05) is 17.2 Å². The summed E-state index contributed by atoms with van der Waals surface area (Å²) < 4.78 is 26.9. The predicted molar refractivity (Wildman–Crippen MR) is 79.7 cm³/mol. The highest BCUT2D eigenvalue weighted by Crippen LogP contribution is 2.18. The lowest BCUT2D eigenvalue weighted by Gasteiger charge is -2.09. The Kier molecular flexibility index (Phi) is 4.75.